The van der Waals surface area contributed by atoms with Crippen LogP contribution in [0.3, 0.4) is 0 Å². The van der Waals surface area contributed by atoms with Crippen molar-refractivity contribution >= 4 is 15.9 Å². The van der Waals surface area contributed by atoms with E-state index in [0.717, 1.165) is 23.7 Å². The van der Waals surface area contributed by atoms with Gasteiger partial charge in [-0.05, 0) is 48.9 Å². The van der Waals surface area contributed by atoms with Crippen LogP contribution in [0.15, 0.2) is 59.5 Å². The number of sulfonamides is 1. The summed E-state index contributed by atoms with van der Waals surface area (Å²) in [6.45, 7) is 1.37. The zero-order valence-electron chi connectivity index (χ0n) is 16.2. The highest BCUT2D eigenvalue weighted by Crippen LogP contribution is 2.24. The molecule has 0 radical (unpaired) electrons. The van der Waals surface area contributed by atoms with Gasteiger partial charge in [0.15, 0.2) is 0 Å². The van der Waals surface area contributed by atoms with Crippen LogP contribution < -0.4 is 0 Å². The van der Waals surface area contributed by atoms with E-state index >= 15 is 0 Å². The molecule has 2 aromatic carbocycles. The maximum atomic E-state index is 12.9. The Morgan fingerprint density at radius 1 is 1.11 bits per heavy atom. The van der Waals surface area contributed by atoms with Crippen molar-refractivity contribution in [1.82, 2.24) is 9.37 Å². The fraction of sp³-hybridized carbons (Fsp3) is 0.381. The van der Waals surface area contributed by atoms with Crippen LogP contribution in [0.4, 0.5) is 0 Å². The molecule has 0 spiro atoms. The summed E-state index contributed by atoms with van der Waals surface area (Å²) in [5.41, 5.74) is 1.71. The summed E-state index contributed by atoms with van der Waals surface area (Å²) in [4.78, 5) is 19.5. The Kier molecular flexibility index (Phi) is 6.49. The predicted octanol–water partition coefficient (Wildman–Crippen LogP) is 2.96. The van der Waals surface area contributed by atoms with Gasteiger partial charge in [0.1, 0.15) is 0 Å². The molecule has 0 bridgehead atoms. The summed E-state index contributed by atoms with van der Waals surface area (Å²) in [6, 6.07) is 16.5. The molecule has 0 unspecified atom stereocenters. The highest BCUT2D eigenvalue weighted by Gasteiger charge is 2.26. The first-order valence-corrected chi connectivity index (χ1v) is 10.8. The quantitative estimate of drug-likeness (QED) is 0.697. The van der Waals surface area contributed by atoms with Crippen LogP contribution in [0.2, 0.25) is 0 Å². The van der Waals surface area contributed by atoms with E-state index in [2.05, 4.69) is 24.3 Å². The first-order chi connectivity index (χ1) is 13.4. The minimum Gasteiger partial charge on any atom is -0.339 e. The number of rotatable bonds is 6. The molecule has 1 fully saturated rings. The van der Waals surface area contributed by atoms with Crippen LogP contribution in [0.1, 0.15) is 28.8 Å². The second-order valence-electron chi connectivity index (χ2n) is 7.05. The monoisotopic (exact) mass is 402 g/mol. The summed E-state index contributed by atoms with van der Waals surface area (Å²) in [5.74, 6) is 0.434. The third kappa shape index (κ3) is 4.60. The van der Waals surface area contributed by atoms with Crippen LogP contribution in [0.5, 0.6) is 0 Å². The lowest BCUT2D eigenvalue weighted by molar-refractivity contribution is -0.0258. The predicted molar refractivity (Wildman–Crippen MR) is 107 cm³/mol. The lowest BCUT2D eigenvalue weighted by Gasteiger charge is -2.32. The van der Waals surface area contributed by atoms with Gasteiger partial charge in [-0.3, -0.25) is 9.63 Å². The molecular weight excluding hydrogens is 376 g/mol. The van der Waals surface area contributed by atoms with Gasteiger partial charge < -0.3 is 4.90 Å². The molecule has 0 aliphatic carbocycles. The van der Waals surface area contributed by atoms with Crippen molar-refractivity contribution in [2.24, 2.45) is 5.92 Å². The van der Waals surface area contributed by atoms with Crippen molar-refractivity contribution in [3.05, 3.63) is 65.7 Å². The number of hydrogen-bond donors (Lipinski definition) is 0. The Morgan fingerprint density at radius 2 is 1.79 bits per heavy atom. The van der Waals surface area contributed by atoms with Gasteiger partial charge in [-0.2, -0.15) is 0 Å². The maximum Gasteiger partial charge on any atom is 0.264 e. The number of likely N-dealkylation sites (tertiary alicyclic amines) is 1. The Balaban J connectivity index is 1.65. The van der Waals surface area contributed by atoms with Crippen LogP contribution in [0.25, 0.3) is 0 Å². The minimum atomic E-state index is -3.78. The summed E-state index contributed by atoms with van der Waals surface area (Å²) >= 11 is 0. The van der Waals surface area contributed by atoms with Crippen molar-refractivity contribution in [2.45, 2.75) is 24.2 Å². The molecule has 1 saturated heterocycles. The normalized spacial score (nSPS) is 15.8. The second kappa shape index (κ2) is 8.86. The fourth-order valence-electron chi connectivity index (χ4n) is 3.51. The number of benzene rings is 2. The molecule has 28 heavy (non-hydrogen) atoms. The number of carbonyl (C=O) groups is 1. The standard InChI is InChI=1S/C21H26N2O4S/c1-22(27-2)28(25,26)20-10-6-9-19(16-20)21(24)23-13-11-18(12-14-23)15-17-7-4-3-5-8-17/h3-10,16,18H,11-15H2,1-2H3. The number of carbonyl (C=O) groups excluding carboxylic acids is 1. The molecule has 7 heteroatoms. The Morgan fingerprint density at radius 3 is 2.43 bits per heavy atom. The third-order valence-electron chi connectivity index (χ3n) is 5.24. The first-order valence-electron chi connectivity index (χ1n) is 9.38. The summed E-state index contributed by atoms with van der Waals surface area (Å²) in [7, 11) is -1.17. The number of amides is 1. The van der Waals surface area contributed by atoms with Crippen molar-refractivity contribution in [2.75, 3.05) is 27.2 Å². The van der Waals surface area contributed by atoms with Crippen LogP contribution in [0, 0.1) is 5.92 Å². The number of hydroxylamine groups is 1. The van der Waals surface area contributed by atoms with E-state index in [1.54, 1.807) is 12.1 Å². The molecule has 150 valence electrons. The van der Waals surface area contributed by atoms with E-state index in [4.69, 9.17) is 4.84 Å². The molecule has 0 N–H and O–H groups in total. The molecule has 1 amide bonds. The lowest BCUT2D eigenvalue weighted by Crippen LogP contribution is -2.39. The SMILES string of the molecule is CON(C)S(=O)(=O)c1cccc(C(=O)N2CCC(Cc3ccccc3)CC2)c1. The van der Waals surface area contributed by atoms with Gasteiger partial charge in [-0.1, -0.05) is 40.9 Å². The summed E-state index contributed by atoms with van der Waals surface area (Å²) in [5, 5.41) is 0. The molecule has 1 aliphatic rings. The average molecular weight is 403 g/mol. The molecular formula is C21H26N2O4S. The highest BCUT2D eigenvalue weighted by atomic mass is 32.2. The van der Waals surface area contributed by atoms with Gasteiger partial charge >= 0.3 is 0 Å². The topological polar surface area (TPSA) is 66.9 Å². The molecule has 6 nitrogen and oxygen atoms in total. The van der Waals surface area contributed by atoms with Crippen molar-refractivity contribution in [1.29, 1.82) is 0 Å². The van der Waals surface area contributed by atoms with Gasteiger partial charge in [0.25, 0.3) is 15.9 Å². The number of hydrogen-bond acceptors (Lipinski definition) is 4. The molecule has 0 saturated carbocycles. The van der Waals surface area contributed by atoms with Crippen LogP contribution >= 0.6 is 0 Å². The molecule has 2 aromatic rings. The van der Waals surface area contributed by atoms with Crippen molar-refractivity contribution in [3.63, 3.8) is 0 Å². The van der Waals surface area contributed by atoms with Gasteiger partial charge in [-0.25, -0.2) is 8.42 Å². The third-order valence-corrected chi connectivity index (χ3v) is 6.92. The van der Waals surface area contributed by atoms with Gasteiger partial charge in [0.05, 0.1) is 12.0 Å². The Labute approximate surface area is 166 Å². The summed E-state index contributed by atoms with van der Waals surface area (Å²) in [6.07, 6.45) is 2.93. The van der Waals surface area contributed by atoms with E-state index in [1.807, 2.05) is 11.0 Å². The number of nitrogens with zero attached hydrogens (tertiary/aromatic N) is 2. The zero-order valence-corrected chi connectivity index (χ0v) is 17.1. The first kappa shape index (κ1) is 20.5. The highest BCUT2D eigenvalue weighted by molar-refractivity contribution is 7.89. The Hall–Kier alpha value is -2.22. The van der Waals surface area contributed by atoms with Crippen LogP contribution in [-0.4, -0.2) is 50.9 Å². The summed E-state index contributed by atoms with van der Waals surface area (Å²) < 4.78 is 25.6. The number of piperidine rings is 1. The average Bonchev–Trinajstić information content (AvgIpc) is 2.74. The smallest absolute Gasteiger partial charge is 0.264 e. The van der Waals surface area contributed by atoms with Crippen molar-refractivity contribution in [3.8, 4) is 0 Å². The van der Waals surface area contributed by atoms with E-state index in [0.29, 0.717) is 24.6 Å². The van der Waals surface area contributed by atoms with E-state index in [9.17, 15) is 13.2 Å². The molecule has 3 rings (SSSR count). The van der Waals surface area contributed by atoms with E-state index in [1.165, 1.54) is 31.9 Å². The Bertz CT molecular complexity index is 907. The second-order valence-corrected chi connectivity index (χ2v) is 8.99. The van der Waals surface area contributed by atoms with E-state index < -0.39 is 10.0 Å². The molecule has 1 heterocycles. The van der Waals surface area contributed by atoms with Gasteiger partial charge in [0.2, 0.25) is 0 Å². The van der Waals surface area contributed by atoms with E-state index in [-0.39, 0.29) is 10.8 Å². The van der Waals surface area contributed by atoms with Crippen molar-refractivity contribution < 1.29 is 18.0 Å². The van der Waals surface area contributed by atoms with Gasteiger partial charge in [-0.15, -0.1) is 0 Å². The lowest BCUT2D eigenvalue weighted by atomic mass is 9.90. The zero-order chi connectivity index (χ0) is 20.1. The maximum absolute atomic E-state index is 12.9. The van der Waals surface area contributed by atoms with Crippen LogP contribution in [-0.2, 0) is 21.3 Å². The minimum absolute atomic E-state index is 0.0432. The fourth-order valence-corrected chi connectivity index (χ4v) is 4.53. The molecule has 0 aromatic heterocycles. The molecule has 0 atom stereocenters. The molecule has 1 aliphatic heterocycles. The largest absolute Gasteiger partial charge is 0.339 e. The van der Waals surface area contributed by atoms with Gasteiger partial charge in [0, 0.05) is 25.7 Å².